The van der Waals surface area contributed by atoms with E-state index < -0.39 is 12.0 Å². The van der Waals surface area contributed by atoms with Crippen molar-refractivity contribution in [2.45, 2.75) is 12.5 Å². The number of ketones is 1. The van der Waals surface area contributed by atoms with Gasteiger partial charge in [0.1, 0.15) is 11.8 Å². The van der Waals surface area contributed by atoms with Crippen molar-refractivity contribution in [2.75, 3.05) is 7.11 Å². The summed E-state index contributed by atoms with van der Waals surface area (Å²) in [6.45, 7) is 0. The van der Waals surface area contributed by atoms with Gasteiger partial charge < -0.3 is 15.6 Å². The molecule has 1 rings (SSSR count). The maximum Gasteiger partial charge on any atom is 0.320 e. The molecule has 0 radical (unpaired) electrons. The summed E-state index contributed by atoms with van der Waals surface area (Å²) in [4.78, 5) is 22.1. The van der Waals surface area contributed by atoms with Crippen LogP contribution in [0.3, 0.4) is 0 Å². The Labute approximate surface area is 92.8 Å². The fourth-order valence-electron chi connectivity index (χ4n) is 1.20. The maximum atomic E-state index is 11.6. The summed E-state index contributed by atoms with van der Waals surface area (Å²) < 4.78 is 4.96. The van der Waals surface area contributed by atoms with E-state index >= 15 is 0 Å². The molecular weight excluding hydrogens is 210 g/mol. The molecule has 1 atom stereocenters. The summed E-state index contributed by atoms with van der Waals surface area (Å²) in [5.41, 5.74) is 5.67. The molecule has 0 aliphatic heterocycles. The minimum atomic E-state index is -1.18. The van der Waals surface area contributed by atoms with Crippen molar-refractivity contribution >= 4 is 11.8 Å². The molecule has 0 aromatic heterocycles. The van der Waals surface area contributed by atoms with Gasteiger partial charge in [0.2, 0.25) is 0 Å². The Kier molecular flexibility index (Phi) is 4.02. The second-order valence-electron chi connectivity index (χ2n) is 3.30. The maximum absolute atomic E-state index is 11.6. The highest BCUT2D eigenvalue weighted by molar-refractivity contribution is 5.98. The van der Waals surface area contributed by atoms with Gasteiger partial charge in [-0.15, -0.1) is 0 Å². The molecule has 0 saturated carbocycles. The summed E-state index contributed by atoms with van der Waals surface area (Å²) in [6.07, 6.45) is -0.220. The molecule has 0 amide bonds. The second kappa shape index (κ2) is 5.27. The highest BCUT2D eigenvalue weighted by atomic mass is 16.5. The molecule has 1 aromatic carbocycles. The van der Waals surface area contributed by atoms with Gasteiger partial charge in [0, 0.05) is 12.0 Å². The van der Waals surface area contributed by atoms with Gasteiger partial charge in [-0.1, -0.05) is 12.1 Å². The lowest BCUT2D eigenvalue weighted by Gasteiger charge is -2.06. The number of carboxylic acids is 1. The lowest BCUT2D eigenvalue weighted by Crippen LogP contribution is -2.32. The molecule has 0 saturated heterocycles. The van der Waals surface area contributed by atoms with Gasteiger partial charge >= 0.3 is 5.97 Å². The van der Waals surface area contributed by atoms with E-state index in [0.29, 0.717) is 11.3 Å². The summed E-state index contributed by atoms with van der Waals surface area (Å²) in [7, 11) is 1.49. The Bertz CT molecular complexity index is 403. The lowest BCUT2D eigenvalue weighted by atomic mass is 10.0. The van der Waals surface area contributed by atoms with Crippen LogP contribution >= 0.6 is 0 Å². The molecule has 0 unspecified atom stereocenters. The molecule has 0 heterocycles. The SMILES string of the molecule is COc1cccc(C(=O)C[C@@H](N)C(=O)O)c1. The number of rotatable bonds is 5. The zero-order chi connectivity index (χ0) is 12.1. The summed E-state index contributed by atoms with van der Waals surface area (Å²) in [6, 6.07) is 5.35. The smallest absolute Gasteiger partial charge is 0.320 e. The first-order chi connectivity index (χ1) is 7.54. The molecule has 1 aromatic rings. The van der Waals surface area contributed by atoms with E-state index in [-0.39, 0.29) is 12.2 Å². The van der Waals surface area contributed by atoms with Gasteiger partial charge in [-0.3, -0.25) is 9.59 Å². The van der Waals surface area contributed by atoms with Crippen LogP contribution in [0.5, 0.6) is 5.75 Å². The van der Waals surface area contributed by atoms with Crippen LogP contribution in [0.25, 0.3) is 0 Å². The predicted octanol–water partition coefficient (Wildman–Crippen LogP) is 0.680. The van der Waals surface area contributed by atoms with Crippen molar-refractivity contribution in [1.29, 1.82) is 0 Å². The number of aliphatic carboxylic acids is 1. The zero-order valence-electron chi connectivity index (χ0n) is 8.84. The number of carbonyl (C=O) groups excluding carboxylic acids is 1. The number of methoxy groups -OCH3 is 1. The van der Waals surface area contributed by atoms with Crippen molar-refractivity contribution in [3.8, 4) is 5.75 Å². The van der Waals surface area contributed by atoms with Gasteiger partial charge in [-0.25, -0.2) is 0 Å². The van der Waals surface area contributed by atoms with Crippen molar-refractivity contribution in [2.24, 2.45) is 5.73 Å². The van der Waals surface area contributed by atoms with E-state index in [1.54, 1.807) is 24.3 Å². The number of Topliss-reactive ketones (excluding diaryl/α,β-unsaturated/α-hetero) is 1. The minimum Gasteiger partial charge on any atom is -0.497 e. The molecule has 5 heteroatoms. The average Bonchev–Trinajstić information content (AvgIpc) is 2.28. The van der Waals surface area contributed by atoms with Gasteiger partial charge in [-0.05, 0) is 12.1 Å². The van der Waals surface area contributed by atoms with E-state index in [9.17, 15) is 9.59 Å². The first-order valence-electron chi connectivity index (χ1n) is 4.70. The molecule has 16 heavy (non-hydrogen) atoms. The Morgan fingerprint density at radius 2 is 2.19 bits per heavy atom. The quantitative estimate of drug-likeness (QED) is 0.716. The number of nitrogens with two attached hydrogens (primary N) is 1. The number of hydrogen-bond acceptors (Lipinski definition) is 4. The van der Waals surface area contributed by atoms with Crippen LogP contribution in [-0.4, -0.2) is 30.0 Å². The first-order valence-corrected chi connectivity index (χ1v) is 4.70. The molecule has 86 valence electrons. The predicted molar refractivity (Wildman–Crippen MR) is 57.6 cm³/mol. The van der Waals surface area contributed by atoms with Gasteiger partial charge in [0.25, 0.3) is 0 Å². The zero-order valence-corrected chi connectivity index (χ0v) is 8.84. The van der Waals surface area contributed by atoms with Gasteiger partial charge in [0.15, 0.2) is 5.78 Å². The van der Waals surface area contributed by atoms with E-state index in [1.807, 2.05) is 0 Å². The summed E-state index contributed by atoms with van der Waals surface area (Å²) >= 11 is 0. The third kappa shape index (κ3) is 3.06. The monoisotopic (exact) mass is 223 g/mol. The number of carbonyl (C=O) groups is 2. The topological polar surface area (TPSA) is 89.6 Å². The van der Waals surface area contributed by atoms with E-state index in [4.69, 9.17) is 15.6 Å². The van der Waals surface area contributed by atoms with Gasteiger partial charge in [0.05, 0.1) is 7.11 Å². The average molecular weight is 223 g/mol. The second-order valence-corrected chi connectivity index (χ2v) is 3.30. The normalized spacial score (nSPS) is 11.9. The lowest BCUT2D eigenvalue weighted by molar-refractivity contribution is -0.138. The van der Waals surface area contributed by atoms with Crippen molar-refractivity contribution in [3.05, 3.63) is 29.8 Å². The Hall–Kier alpha value is -1.88. The number of carboxylic acid groups (broad SMARTS) is 1. The number of ether oxygens (including phenoxy) is 1. The van der Waals surface area contributed by atoms with Gasteiger partial charge in [-0.2, -0.15) is 0 Å². The van der Waals surface area contributed by atoms with Crippen LogP contribution < -0.4 is 10.5 Å². The standard InChI is InChI=1S/C11H13NO4/c1-16-8-4-2-3-7(5-8)10(13)6-9(12)11(14)15/h2-5,9H,6,12H2,1H3,(H,14,15)/t9-/m1/s1. The van der Waals surface area contributed by atoms with Crippen LogP contribution in [-0.2, 0) is 4.79 Å². The molecule has 0 bridgehead atoms. The third-order valence-electron chi connectivity index (χ3n) is 2.11. The van der Waals surface area contributed by atoms with Crippen molar-refractivity contribution in [1.82, 2.24) is 0 Å². The highest BCUT2D eigenvalue weighted by Gasteiger charge is 2.17. The molecule has 0 aliphatic rings. The summed E-state index contributed by atoms with van der Waals surface area (Å²) in [5.74, 6) is -0.945. The third-order valence-corrected chi connectivity index (χ3v) is 2.11. The largest absolute Gasteiger partial charge is 0.497 e. The molecule has 0 aliphatic carbocycles. The summed E-state index contributed by atoms with van der Waals surface area (Å²) in [5, 5.41) is 8.58. The Balaban J connectivity index is 2.76. The van der Waals surface area contributed by atoms with Crippen LogP contribution in [0.15, 0.2) is 24.3 Å². The Morgan fingerprint density at radius 1 is 1.50 bits per heavy atom. The fraction of sp³-hybridized carbons (Fsp3) is 0.273. The molecular formula is C11H13NO4. The number of benzene rings is 1. The highest BCUT2D eigenvalue weighted by Crippen LogP contribution is 2.14. The minimum absolute atomic E-state index is 0.220. The number of hydrogen-bond donors (Lipinski definition) is 2. The molecule has 3 N–H and O–H groups in total. The first kappa shape index (κ1) is 12.2. The molecule has 0 fully saturated rings. The van der Waals surface area contributed by atoms with E-state index in [2.05, 4.69) is 0 Å². The van der Waals surface area contributed by atoms with Crippen LogP contribution in [0, 0.1) is 0 Å². The van der Waals surface area contributed by atoms with E-state index in [1.165, 1.54) is 7.11 Å². The van der Waals surface area contributed by atoms with E-state index in [0.717, 1.165) is 0 Å². The Morgan fingerprint density at radius 3 is 2.75 bits per heavy atom. The van der Waals surface area contributed by atoms with Crippen LogP contribution in [0.1, 0.15) is 16.8 Å². The van der Waals surface area contributed by atoms with Crippen LogP contribution in [0.4, 0.5) is 0 Å². The van der Waals surface area contributed by atoms with Crippen LogP contribution in [0.2, 0.25) is 0 Å². The molecule has 5 nitrogen and oxygen atoms in total. The fourth-order valence-corrected chi connectivity index (χ4v) is 1.20. The molecule has 0 spiro atoms. The van der Waals surface area contributed by atoms with Crippen molar-refractivity contribution in [3.63, 3.8) is 0 Å². The van der Waals surface area contributed by atoms with Crippen molar-refractivity contribution < 1.29 is 19.4 Å².